The number of nitrogens with one attached hydrogen (secondary N) is 1. The molecule has 1 aromatic carbocycles. The number of primary amides is 1. The SMILES string of the molecule is NC(=O)c1cc(NC2CCOCC2)cc(C(F)(F)F)c1. The maximum Gasteiger partial charge on any atom is 0.416 e. The van der Waals surface area contributed by atoms with E-state index in [4.69, 9.17) is 10.5 Å². The zero-order valence-corrected chi connectivity index (χ0v) is 10.7. The third-order valence-electron chi connectivity index (χ3n) is 3.14. The molecule has 20 heavy (non-hydrogen) atoms. The molecule has 0 aliphatic carbocycles. The monoisotopic (exact) mass is 288 g/mol. The molecule has 1 aromatic rings. The zero-order chi connectivity index (χ0) is 14.8. The van der Waals surface area contributed by atoms with Gasteiger partial charge in [-0.05, 0) is 31.0 Å². The largest absolute Gasteiger partial charge is 0.416 e. The van der Waals surface area contributed by atoms with Crippen LogP contribution in [0.4, 0.5) is 18.9 Å². The van der Waals surface area contributed by atoms with Crippen LogP contribution in [0.15, 0.2) is 18.2 Å². The molecule has 7 heteroatoms. The predicted octanol–water partition coefficient (Wildman–Crippen LogP) is 2.40. The van der Waals surface area contributed by atoms with Crippen LogP contribution in [0.1, 0.15) is 28.8 Å². The normalized spacial score (nSPS) is 16.9. The third kappa shape index (κ3) is 3.63. The summed E-state index contributed by atoms with van der Waals surface area (Å²) >= 11 is 0. The quantitative estimate of drug-likeness (QED) is 0.897. The second kappa shape index (κ2) is 5.70. The molecule has 0 bridgehead atoms. The number of halogens is 3. The Morgan fingerprint density at radius 1 is 1.25 bits per heavy atom. The molecule has 1 aliphatic heterocycles. The Kier molecular flexibility index (Phi) is 4.17. The van der Waals surface area contributed by atoms with Crippen LogP contribution < -0.4 is 11.1 Å². The molecule has 0 saturated carbocycles. The summed E-state index contributed by atoms with van der Waals surface area (Å²) in [7, 11) is 0. The fourth-order valence-corrected chi connectivity index (χ4v) is 2.09. The topological polar surface area (TPSA) is 64.4 Å². The first kappa shape index (κ1) is 14.6. The van der Waals surface area contributed by atoms with Crippen molar-refractivity contribution in [3.63, 3.8) is 0 Å². The van der Waals surface area contributed by atoms with Crippen LogP contribution in [0.5, 0.6) is 0 Å². The molecule has 0 unspecified atom stereocenters. The number of carbonyl (C=O) groups excluding carboxylic acids is 1. The van der Waals surface area contributed by atoms with Gasteiger partial charge in [0.25, 0.3) is 0 Å². The van der Waals surface area contributed by atoms with Crippen LogP contribution >= 0.6 is 0 Å². The Balaban J connectivity index is 2.26. The Hall–Kier alpha value is -1.76. The van der Waals surface area contributed by atoms with Gasteiger partial charge in [-0.25, -0.2) is 0 Å². The van der Waals surface area contributed by atoms with Gasteiger partial charge in [0, 0.05) is 30.5 Å². The molecule has 3 N–H and O–H groups in total. The van der Waals surface area contributed by atoms with E-state index in [0.29, 0.717) is 26.1 Å². The number of anilines is 1. The first-order valence-corrected chi connectivity index (χ1v) is 6.22. The lowest BCUT2D eigenvalue weighted by atomic mass is 10.1. The summed E-state index contributed by atoms with van der Waals surface area (Å²) < 4.78 is 43.6. The molecule has 2 rings (SSSR count). The minimum absolute atomic E-state index is 0.0351. The van der Waals surface area contributed by atoms with Crippen LogP contribution in [-0.2, 0) is 10.9 Å². The standard InChI is InChI=1S/C13H15F3N2O2/c14-13(15,16)9-5-8(12(17)19)6-11(7-9)18-10-1-3-20-4-2-10/h5-7,10,18H,1-4H2,(H2,17,19). The van der Waals surface area contributed by atoms with E-state index in [1.165, 1.54) is 6.07 Å². The summed E-state index contributed by atoms with van der Waals surface area (Å²) in [4.78, 5) is 11.1. The highest BCUT2D eigenvalue weighted by molar-refractivity contribution is 5.94. The van der Waals surface area contributed by atoms with Crippen molar-refractivity contribution >= 4 is 11.6 Å². The van der Waals surface area contributed by atoms with Crippen molar-refractivity contribution < 1.29 is 22.7 Å². The first-order chi connectivity index (χ1) is 9.36. The lowest BCUT2D eigenvalue weighted by molar-refractivity contribution is -0.137. The van der Waals surface area contributed by atoms with Gasteiger partial charge >= 0.3 is 6.18 Å². The molecule has 110 valence electrons. The number of ether oxygens (including phenoxy) is 1. The zero-order valence-electron chi connectivity index (χ0n) is 10.7. The van der Waals surface area contributed by atoms with Crippen molar-refractivity contribution in [3.05, 3.63) is 29.3 Å². The summed E-state index contributed by atoms with van der Waals surface area (Å²) in [6.07, 6.45) is -3.10. The summed E-state index contributed by atoms with van der Waals surface area (Å²) in [5.74, 6) is -0.883. The van der Waals surface area contributed by atoms with Gasteiger partial charge in [0.15, 0.2) is 0 Å². The second-order valence-corrected chi connectivity index (χ2v) is 4.69. The van der Waals surface area contributed by atoms with Gasteiger partial charge in [0.05, 0.1) is 5.56 Å². The average molecular weight is 288 g/mol. The van der Waals surface area contributed by atoms with E-state index in [2.05, 4.69) is 5.32 Å². The maximum atomic E-state index is 12.8. The second-order valence-electron chi connectivity index (χ2n) is 4.69. The summed E-state index contributed by atoms with van der Waals surface area (Å²) in [5, 5.41) is 3.00. The van der Waals surface area contributed by atoms with Gasteiger partial charge in [0.2, 0.25) is 5.91 Å². The van der Waals surface area contributed by atoms with Gasteiger partial charge in [-0.3, -0.25) is 4.79 Å². The average Bonchev–Trinajstić information content (AvgIpc) is 2.38. The summed E-state index contributed by atoms with van der Waals surface area (Å²) in [6.45, 7) is 1.14. The van der Waals surface area contributed by atoms with E-state index in [1.807, 2.05) is 0 Å². The van der Waals surface area contributed by atoms with E-state index >= 15 is 0 Å². The number of rotatable bonds is 3. The summed E-state index contributed by atoms with van der Waals surface area (Å²) in [6, 6.07) is 3.12. The Morgan fingerprint density at radius 2 is 1.90 bits per heavy atom. The number of carbonyl (C=O) groups is 1. The highest BCUT2D eigenvalue weighted by Gasteiger charge is 2.32. The number of amides is 1. The molecule has 4 nitrogen and oxygen atoms in total. The highest BCUT2D eigenvalue weighted by Crippen LogP contribution is 2.32. The molecule has 1 aliphatic rings. The number of benzene rings is 1. The van der Waals surface area contributed by atoms with Crippen LogP contribution in [0.2, 0.25) is 0 Å². The van der Waals surface area contributed by atoms with Crippen molar-refractivity contribution in [2.45, 2.75) is 25.1 Å². The fraction of sp³-hybridized carbons (Fsp3) is 0.462. The van der Waals surface area contributed by atoms with E-state index in [1.54, 1.807) is 0 Å². The molecule has 0 aromatic heterocycles. The van der Waals surface area contributed by atoms with E-state index in [0.717, 1.165) is 12.1 Å². The number of hydrogen-bond donors (Lipinski definition) is 2. The van der Waals surface area contributed by atoms with Gasteiger partial charge in [0.1, 0.15) is 0 Å². The molecule has 1 heterocycles. The lowest BCUT2D eigenvalue weighted by Crippen LogP contribution is -2.28. The lowest BCUT2D eigenvalue weighted by Gasteiger charge is -2.24. The number of nitrogens with two attached hydrogens (primary N) is 1. The number of alkyl halides is 3. The van der Waals surface area contributed by atoms with Crippen molar-refractivity contribution in [2.75, 3.05) is 18.5 Å². The molecule has 1 saturated heterocycles. The van der Waals surface area contributed by atoms with Gasteiger partial charge in [-0.15, -0.1) is 0 Å². The summed E-state index contributed by atoms with van der Waals surface area (Å²) in [5.41, 5.74) is 4.28. The van der Waals surface area contributed by atoms with Crippen LogP contribution in [-0.4, -0.2) is 25.2 Å². The molecule has 0 atom stereocenters. The molecular formula is C13H15F3N2O2. The Labute approximate surface area is 114 Å². The van der Waals surface area contributed by atoms with Crippen molar-refractivity contribution in [1.29, 1.82) is 0 Å². The van der Waals surface area contributed by atoms with Crippen molar-refractivity contribution in [3.8, 4) is 0 Å². The van der Waals surface area contributed by atoms with Gasteiger partial charge < -0.3 is 15.8 Å². The minimum Gasteiger partial charge on any atom is -0.382 e. The molecular weight excluding hydrogens is 273 g/mol. The van der Waals surface area contributed by atoms with Crippen molar-refractivity contribution in [1.82, 2.24) is 0 Å². The fourth-order valence-electron chi connectivity index (χ4n) is 2.09. The first-order valence-electron chi connectivity index (χ1n) is 6.22. The minimum atomic E-state index is -4.52. The van der Waals surface area contributed by atoms with E-state index in [-0.39, 0.29) is 17.3 Å². The van der Waals surface area contributed by atoms with E-state index < -0.39 is 17.6 Å². The molecule has 0 spiro atoms. The van der Waals surface area contributed by atoms with Crippen LogP contribution in [0.25, 0.3) is 0 Å². The number of hydrogen-bond acceptors (Lipinski definition) is 3. The van der Waals surface area contributed by atoms with Crippen LogP contribution in [0.3, 0.4) is 0 Å². The molecule has 0 radical (unpaired) electrons. The van der Waals surface area contributed by atoms with Crippen molar-refractivity contribution in [2.24, 2.45) is 5.73 Å². The third-order valence-corrected chi connectivity index (χ3v) is 3.14. The highest BCUT2D eigenvalue weighted by atomic mass is 19.4. The maximum absolute atomic E-state index is 12.8. The predicted molar refractivity (Wildman–Crippen MR) is 67.4 cm³/mol. The van der Waals surface area contributed by atoms with Crippen LogP contribution in [0, 0.1) is 0 Å². The van der Waals surface area contributed by atoms with Gasteiger partial charge in [-0.1, -0.05) is 0 Å². The van der Waals surface area contributed by atoms with E-state index in [9.17, 15) is 18.0 Å². The Morgan fingerprint density at radius 3 is 2.45 bits per heavy atom. The molecule has 1 fully saturated rings. The molecule has 1 amide bonds. The smallest absolute Gasteiger partial charge is 0.382 e. The van der Waals surface area contributed by atoms with Gasteiger partial charge in [-0.2, -0.15) is 13.2 Å². The Bertz CT molecular complexity index is 497.